The molecule has 0 bridgehead atoms. The van der Waals surface area contributed by atoms with E-state index in [1.165, 1.54) is 12.5 Å². The third-order valence-electron chi connectivity index (χ3n) is 4.04. The maximum atomic E-state index is 12.3. The van der Waals surface area contributed by atoms with Crippen LogP contribution in [-0.2, 0) is 9.53 Å². The van der Waals surface area contributed by atoms with Crippen molar-refractivity contribution in [1.82, 2.24) is 9.80 Å². The minimum absolute atomic E-state index is 0.0362. The zero-order valence-electron chi connectivity index (χ0n) is 11.4. The highest BCUT2D eigenvalue weighted by atomic mass is 16.5. The smallest absolute Gasteiger partial charge is 0.257 e. The molecule has 0 unspecified atom stereocenters. The molecule has 2 amide bonds. The van der Waals surface area contributed by atoms with Crippen molar-refractivity contribution in [3.63, 3.8) is 0 Å². The lowest BCUT2D eigenvalue weighted by atomic mass is 9.98. The summed E-state index contributed by atoms with van der Waals surface area (Å²) in [6.07, 6.45) is 3.75. The maximum absolute atomic E-state index is 12.3. The molecule has 3 heterocycles. The quantitative estimate of drug-likeness (QED) is 0.760. The van der Waals surface area contributed by atoms with Crippen LogP contribution in [0.3, 0.4) is 0 Å². The molecule has 6 heteroatoms. The lowest BCUT2D eigenvalue weighted by molar-refractivity contribution is -0.149. The number of ether oxygens (including phenoxy) is 1. The second-order valence-corrected chi connectivity index (χ2v) is 5.24. The van der Waals surface area contributed by atoms with Crippen LogP contribution in [0.25, 0.3) is 0 Å². The summed E-state index contributed by atoms with van der Waals surface area (Å²) in [5.74, 6) is -0.00724. The molecule has 0 aliphatic carbocycles. The van der Waals surface area contributed by atoms with Gasteiger partial charge in [-0.1, -0.05) is 0 Å². The largest absolute Gasteiger partial charge is 0.472 e. The first-order valence-corrected chi connectivity index (χ1v) is 6.87. The number of carbonyl (C=O) groups excluding carboxylic acids is 2. The average Bonchev–Trinajstić information content (AvgIpc) is 2.99. The first-order chi connectivity index (χ1) is 9.66. The first kappa shape index (κ1) is 13.2. The Morgan fingerprint density at radius 3 is 2.90 bits per heavy atom. The number of furan rings is 1. The van der Waals surface area contributed by atoms with Crippen LogP contribution in [0.15, 0.2) is 23.0 Å². The van der Waals surface area contributed by atoms with Crippen molar-refractivity contribution < 1.29 is 18.7 Å². The molecule has 0 aromatic carbocycles. The molecular weight excluding hydrogens is 260 g/mol. The first-order valence-electron chi connectivity index (χ1n) is 6.87. The molecule has 108 valence electrons. The number of hydrogen-bond acceptors (Lipinski definition) is 4. The van der Waals surface area contributed by atoms with Gasteiger partial charge in [-0.15, -0.1) is 0 Å². The second-order valence-electron chi connectivity index (χ2n) is 5.24. The molecule has 2 atom stereocenters. The van der Waals surface area contributed by atoms with Crippen LogP contribution < -0.4 is 0 Å². The Hall–Kier alpha value is -1.82. The van der Waals surface area contributed by atoms with Crippen LogP contribution in [0.5, 0.6) is 0 Å². The van der Waals surface area contributed by atoms with Crippen molar-refractivity contribution in [2.75, 3.05) is 26.2 Å². The van der Waals surface area contributed by atoms with Gasteiger partial charge in [-0.2, -0.15) is 0 Å². The van der Waals surface area contributed by atoms with Gasteiger partial charge in [-0.05, 0) is 12.5 Å². The molecule has 1 aromatic heterocycles. The number of rotatable bonds is 1. The lowest BCUT2D eigenvalue weighted by Gasteiger charge is -2.46. The summed E-state index contributed by atoms with van der Waals surface area (Å²) in [6.45, 7) is 3.92. The lowest BCUT2D eigenvalue weighted by Crippen LogP contribution is -2.61. The fourth-order valence-electron chi connectivity index (χ4n) is 3.02. The van der Waals surface area contributed by atoms with E-state index in [0.717, 1.165) is 6.42 Å². The minimum atomic E-state index is -0.0497. The number of nitrogens with zero attached hydrogens (tertiary/aromatic N) is 2. The molecule has 6 nitrogen and oxygen atoms in total. The molecule has 20 heavy (non-hydrogen) atoms. The van der Waals surface area contributed by atoms with E-state index in [4.69, 9.17) is 9.15 Å². The summed E-state index contributed by atoms with van der Waals surface area (Å²) >= 11 is 0. The number of piperidine rings is 1. The molecule has 0 spiro atoms. The summed E-state index contributed by atoms with van der Waals surface area (Å²) in [7, 11) is 0. The molecule has 3 rings (SSSR count). The zero-order chi connectivity index (χ0) is 14.1. The number of amides is 2. The molecule has 2 aliphatic rings. The summed E-state index contributed by atoms with van der Waals surface area (Å²) in [5.41, 5.74) is 0.551. The van der Waals surface area contributed by atoms with Gasteiger partial charge >= 0.3 is 0 Å². The van der Waals surface area contributed by atoms with Gasteiger partial charge < -0.3 is 19.0 Å². The highest BCUT2D eigenvalue weighted by Crippen LogP contribution is 2.24. The summed E-state index contributed by atoms with van der Waals surface area (Å²) in [5, 5.41) is 0. The summed E-state index contributed by atoms with van der Waals surface area (Å²) in [4.78, 5) is 27.6. The van der Waals surface area contributed by atoms with Crippen molar-refractivity contribution in [2.45, 2.75) is 25.5 Å². The van der Waals surface area contributed by atoms with E-state index in [9.17, 15) is 9.59 Å². The standard InChI is InChI=1S/C14H18N2O4/c1-10(17)16-5-7-20-13-2-4-15(8-12(13)16)14(18)11-3-6-19-9-11/h3,6,9,12-13H,2,4-5,7-8H2,1H3/t12-,13-/m0/s1. The number of fused-ring (bicyclic) bond motifs is 1. The number of morpholine rings is 1. The van der Waals surface area contributed by atoms with E-state index >= 15 is 0 Å². The fraction of sp³-hybridized carbons (Fsp3) is 0.571. The predicted molar refractivity (Wildman–Crippen MR) is 70.1 cm³/mol. The van der Waals surface area contributed by atoms with E-state index in [2.05, 4.69) is 0 Å². The van der Waals surface area contributed by atoms with Crippen LogP contribution in [0, 0.1) is 0 Å². The minimum Gasteiger partial charge on any atom is -0.472 e. The van der Waals surface area contributed by atoms with Crippen LogP contribution in [0.1, 0.15) is 23.7 Å². The van der Waals surface area contributed by atoms with Gasteiger partial charge in [0.25, 0.3) is 5.91 Å². The number of hydrogen-bond donors (Lipinski definition) is 0. The topological polar surface area (TPSA) is 63.0 Å². The molecule has 1 aromatic rings. The van der Waals surface area contributed by atoms with E-state index in [1.54, 1.807) is 17.9 Å². The van der Waals surface area contributed by atoms with Gasteiger partial charge in [-0.25, -0.2) is 0 Å². The van der Waals surface area contributed by atoms with E-state index < -0.39 is 0 Å². The number of likely N-dealkylation sites (tertiary alicyclic amines) is 1. The van der Waals surface area contributed by atoms with Crippen LogP contribution in [0.4, 0.5) is 0 Å². The van der Waals surface area contributed by atoms with E-state index in [1.807, 2.05) is 4.90 Å². The zero-order valence-corrected chi connectivity index (χ0v) is 11.4. The third kappa shape index (κ3) is 2.31. The van der Waals surface area contributed by atoms with Gasteiger partial charge in [0.2, 0.25) is 5.91 Å². The average molecular weight is 278 g/mol. The molecular formula is C14H18N2O4. The summed E-state index contributed by atoms with van der Waals surface area (Å²) < 4.78 is 10.7. The molecule has 0 N–H and O–H groups in total. The Kier molecular flexibility index (Phi) is 3.48. The van der Waals surface area contributed by atoms with Crippen LogP contribution >= 0.6 is 0 Å². The highest BCUT2D eigenvalue weighted by molar-refractivity contribution is 5.94. The molecule has 2 saturated heterocycles. The monoisotopic (exact) mass is 278 g/mol. The normalized spacial score (nSPS) is 26.2. The van der Waals surface area contributed by atoms with Gasteiger partial charge in [0.1, 0.15) is 6.26 Å². The van der Waals surface area contributed by atoms with Crippen LogP contribution in [-0.4, -0.2) is 60.0 Å². The summed E-state index contributed by atoms with van der Waals surface area (Å²) in [6, 6.07) is 1.62. The van der Waals surface area contributed by atoms with Gasteiger partial charge in [0.05, 0.1) is 30.6 Å². The fourth-order valence-corrected chi connectivity index (χ4v) is 3.02. The van der Waals surface area contributed by atoms with E-state index in [0.29, 0.717) is 31.8 Å². The highest BCUT2D eigenvalue weighted by Gasteiger charge is 2.39. The van der Waals surface area contributed by atoms with Crippen molar-refractivity contribution in [2.24, 2.45) is 0 Å². The Balaban J connectivity index is 1.74. The Labute approximate surface area is 117 Å². The van der Waals surface area contributed by atoms with E-state index in [-0.39, 0.29) is 24.0 Å². The molecule has 0 radical (unpaired) electrons. The predicted octanol–water partition coefficient (Wildman–Crippen LogP) is 0.741. The SMILES string of the molecule is CC(=O)N1CCO[C@H]2CCN(C(=O)c3ccoc3)C[C@@H]21. The molecule has 2 aliphatic heterocycles. The molecule has 2 fully saturated rings. The Morgan fingerprint density at radius 1 is 1.35 bits per heavy atom. The maximum Gasteiger partial charge on any atom is 0.257 e. The van der Waals surface area contributed by atoms with Gasteiger partial charge in [-0.3, -0.25) is 9.59 Å². The Bertz CT molecular complexity index is 499. The van der Waals surface area contributed by atoms with Crippen molar-refractivity contribution in [1.29, 1.82) is 0 Å². The van der Waals surface area contributed by atoms with Crippen molar-refractivity contribution >= 4 is 11.8 Å². The Morgan fingerprint density at radius 2 is 2.20 bits per heavy atom. The van der Waals surface area contributed by atoms with Crippen LogP contribution in [0.2, 0.25) is 0 Å². The third-order valence-corrected chi connectivity index (χ3v) is 4.04. The van der Waals surface area contributed by atoms with Crippen molar-refractivity contribution in [3.05, 3.63) is 24.2 Å². The van der Waals surface area contributed by atoms with Gasteiger partial charge in [0, 0.05) is 26.6 Å². The van der Waals surface area contributed by atoms with Crippen molar-refractivity contribution in [3.8, 4) is 0 Å². The second kappa shape index (κ2) is 5.28. The van der Waals surface area contributed by atoms with Gasteiger partial charge in [0.15, 0.2) is 0 Å². The molecule has 0 saturated carbocycles. The number of carbonyl (C=O) groups is 2.